The van der Waals surface area contributed by atoms with Gasteiger partial charge in [-0.15, -0.1) is 0 Å². The Morgan fingerprint density at radius 2 is 1.73 bits per heavy atom. The second-order valence-corrected chi connectivity index (χ2v) is 6.83. The van der Waals surface area contributed by atoms with Gasteiger partial charge < -0.3 is 10.2 Å². The van der Waals surface area contributed by atoms with Gasteiger partial charge in [-0.05, 0) is 49.1 Å². The zero-order valence-electron chi connectivity index (χ0n) is 15.5. The van der Waals surface area contributed by atoms with Crippen LogP contribution in [0, 0.1) is 13.8 Å². The summed E-state index contributed by atoms with van der Waals surface area (Å²) in [6.07, 6.45) is 0.989. The Balaban J connectivity index is 1.89. The van der Waals surface area contributed by atoms with E-state index in [9.17, 15) is 9.59 Å². The normalized spacial score (nSPS) is 10.5. The van der Waals surface area contributed by atoms with Crippen molar-refractivity contribution >= 4 is 29.1 Å². The van der Waals surface area contributed by atoms with Gasteiger partial charge in [0.2, 0.25) is 11.8 Å². The quantitative estimate of drug-likeness (QED) is 0.796. The fourth-order valence-corrected chi connectivity index (χ4v) is 3.21. The molecule has 0 aromatic heterocycles. The Bertz CT molecular complexity index is 769. The van der Waals surface area contributed by atoms with Gasteiger partial charge in [-0.2, -0.15) is 0 Å². The van der Waals surface area contributed by atoms with Crippen LogP contribution in [-0.4, -0.2) is 24.9 Å². The number of aryl methyl sites for hydroxylation is 2. The van der Waals surface area contributed by atoms with E-state index in [0.29, 0.717) is 18.1 Å². The van der Waals surface area contributed by atoms with E-state index in [1.54, 1.807) is 4.90 Å². The average Bonchev–Trinajstić information content (AvgIpc) is 2.57. The van der Waals surface area contributed by atoms with Crippen molar-refractivity contribution in [3.8, 4) is 0 Å². The highest BCUT2D eigenvalue weighted by molar-refractivity contribution is 6.30. The second-order valence-electron chi connectivity index (χ2n) is 6.39. The largest absolute Gasteiger partial charge is 0.356 e. The highest BCUT2D eigenvalue weighted by atomic mass is 35.5. The van der Waals surface area contributed by atoms with E-state index in [4.69, 9.17) is 11.6 Å². The number of benzene rings is 2. The molecule has 2 aromatic carbocycles. The molecule has 0 aliphatic carbocycles. The summed E-state index contributed by atoms with van der Waals surface area (Å²) >= 11 is 5.96. The highest BCUT2D eigenvalue weighted by Crippen LogP contribution is 2.24. The predicted molar refractivity (Wildman–Crippen MR) is 107 cm³/mol. The number of carbonyl (C=O) groups is 2. The number of rotatable bonds is 7. The number of nitrogens with one attached hydrogen (secondary N) is 1. The Morgan fingerprint density at radius 1 is 1.08 bits per heavy atom. The minimum atomic E-state index is -0.0653. The molecule has 0 heterocycles. The third-order valence-corrected chi connectivity index (χ3v) is 4.51. The first-order valence-electron chi connectivity index (χ1n) is 8.74. The monoisotopic (exact) mass is 372 g/mol. The van der Waals surface area contributed by atoms with Gasteiger partial charge in [0.05, 0.1) is 0 Å². The molecule has 0 spiro atoms. The smallest absolute Gasteiger partial charge is 0.223 e. The van der Waals surface area contributed by atoms with Crippen LogP contribution in [-0.2, 0) is 16.0 Å². The van der Waals surface area contributed by atoms with Crippen LogP contribution in [0.4, 0.5) is 5.69 Å². The van der Waals surface area contributed by atoms with Gasteiger partial charge in [0, 0.05) is 37.1 Å². The highest BCUT2D eigenvalue weighted by Gasteiger charge is 2.17. The lowest BCUT2D eigenvalue weighted by molar-refractivity contribution is -0.121. The van der Waals surface area contributed by atoms with Gasteiger partial charge in [-0.3, -0.25) is 9.59 Å². The molecule has 4 nitrogen and oxygen atoms in total. The fourth-order valence-electron chi connectivity index (χ4n) is 3.00. The second kappa shape index (κ2) is 9.39. The Morgan fingerprint density at radius 3 is 2.35 bits per heavy atom. The summed E-state index contributed by atoms with van der Waals surface area (Å²) in [5.41, 5.74) is 4.04. The van der Waals surface area contributed by atoms with Crippen molar-refractivity contribution in [3.63, 3.8) is 0 Å². The van der Waals surface area contributed by atoms with Crippen LogP contribution in [0.2, 0.25) is 5.02 Å². The van der Waals surface area contributed by atoms with Gasteiger partial charge in [0.1, 0.15) is 0 Å². The first-order valence-corrected chi connectivity index (χ1v) is 9.11. The van der Waals surface area contributed by atoms with Crippen molar-refractivity contribution in [3.05, 3.63) is 64.2 Å². The number of anilines is 1. The SMILES string of the molecule is CC(=O)N(CCC(=O)NCCc1cccc(Cl)c1)c1c(C)cccc1C. The van der Waals surface area contributed by atoms with Crippen molar-refractivity contribution in [2.45, 2.75) is 33.6 Å². The van der Waals surface area contributed by atoms with Crippen LogP contribution in [0.5, 0.6) is 0 Å². The molecule has 0 saturated carbocycles. The van der Waals surface area contributed by atoms with Gasteiger partial charge in [-0.1, -0.05) is 41.9 Å². The van der Waals surface area contributed by atoms with Crippen molar-refractivity contribution in [1.82, 2.24) is 5.32 Å². The first-order chi connectivity index (χ1) is 12.4. The first kappa shape index (κ1) is 20.0. The molecule has 0 aliphatic rings. The van der Waals surface area contributed by atoms with E-state index < -0.39 is 0 Å². The number of halogens is 1. The molecule has 0 fully saturated rings. The molecule has 0 unspecified atom stereocenters. The van der Waals surface area contributed by atoms with Gasteiger partial charge in [-0.25, -0.2) is 0 Å². The maximum Gasteiger partial charge on any atom is 0.223 e. The van der Waals surface area contributed by atoms with E-state index >= 15 is 0 Å². The minimum Gasteiger partial charge on any atom is -0.356 e. The fraction of sp³-hybridized carbons (Fsp3) is 0.333. The number of nitrogens with zero attached hydrogens (tertiary/aromatic N) is 1. The minimum absolute atomic E-state index is 0.0610. The Kier molecular flexibility index (Phi) is 7.22. The molecule has 2 amide bonds. The van der Waals surface area contributed by atoms with Gasteiger partial charge in [0.15, 0.2) is 0 Å². The van der Waals surface area contributed by atoms with Crippen LogP contribution >= 0.6 is 11.6 Å². The lowest BCUT2D eigenvalue weighted by Crippen LogP contribution is -2.35. The number of carbonyl (C=O) groups excluding carboxylic acids is 2. The average molecular weight is 373 g/mol. The van der Waals surface area contributed by atoms with Crippen molar-refractivity contribution in [1.29, 1.82) is 0 Å². The summed E-state index contributed by atoms with van der Waals surface area (Å²) in [5.74, 6) is -0.126. The molecule has 0 bridgehead atoms. The van der Waals surface area contributed by atoms with Gasteiger partial charge >= 0.3 is 0 Å². The molecular weight excluding hydrogens is 348 g/mol. The zero-order chi connectivity index (χ0) is 19.1. The van der Waals surface area contributed by atoms with Crippen LogP contribution in [0.15, 0.2) is 42.5 Å². The molecule has 5 heteroatoms. The van der Waals surface area contributed by atoms with Crippen LogP contribution in [0.25, 0.3) is 0 Å². The lowest BCUT2D eigenvalue weighted by atomic mass is 10.1. The summed E-state index contributed by atoms with van der Waals surface area (Å²) in [7, 11) is 0. The number of para-hydroxylation sites is 1. The maximum atomic E-state index is 12.2. The maximum absolute atomic E-state index is 12.2. The number of hydrogen-bond acceptors (Lipinski definition) is 2. The molecule has 26 heavy (non-hydrogen) atoms. The molecule has 2 aromatic rings. The summed E-state index contributed by atoms with van der Waals surface area (Å²) < 4.78 is 0. The lowest BCUT2D eigenvalue weighted by Gasteiger charge is -2.25. The van der Waals surface area contributed by atoms with Crippen molar-refractivity contribution in [2.75, 3.05) is 18.0 Å². The van der Waals surface area contributed by atoms with Crippen molar-refractivity contribution < 1.29 is 9.59 Å². The molecule has 0 radical (unpaired) electrons. The molecule has 0 aliphatic heterocycles. The molecule has 138 valence electrons. The number of amides is 2. The van der Waals surface area contributed by atoms with E-state index in [2.05, 4.69) is 5.32 Å². The standard InChI is InChI=1S/C21H25ClN2O2/c1-15-6-4-7-16(2)21(15)24(17(3)25)13-11-20(26)23-12-10-18-8-5-9-19(22)14-18/h4-9,14H,10-13H2,1-3H3,(H,23,26). The Labute approximate surface area is 160 Å². The summed E-state index contributed by atoms with van der Waals surface area (Å²) in [5, 5.41) is 3.60. The van der Waals surface area contributed by atoms with Crippen LogP contribution in [0.1, 0.15) is 30.0 Å². The third kappa shape index (κ3) is 5.60. The zero-order valence-corrected chi connectivity index (χ0v) is 16.3. The van der Waals surface area contributed by atoms with E-state index in [-0.39, 0.29) is 18.2 Å². The molecule has 1 N–H and O–H groups in total. The predicted octanol–water partition coefficient (Wildman–Crippen LogP) is 4.06. The molecular formula is C21H25ClN2O2. The molecule has 2 rings (SSSR count). The topological polar surface area (TPSA) is 49.4 Å². The number of hydrogen-bond donors (Lipinski definition) is 1. The molecule has 0 saturated heterocycles. The van der Waals surface area contributed by atoms with E-state index in [1.807, 2.05) is 56.3 Å². The summed E-state index contributed by atoms with van der Waals surface area (Å²) in [6, 6.07) is 13.5. The van der Waals surface area contributed by atoms with E-state index in [1.165, 1.54) is 6.92 Å². The molecule has 0 atom stereocenters. The van der Waals surface area contributed by atoms with Crippen molar-refractivity contribution in [2.24, 2.45) is 0 Å². The Hall–Kier alpha value is -2.33. The third-order valence-electron chi connectivity index (χ3n) is 4.28. The summed E-state index contributed by atoms with van der Waals surface area (Å²) in [4.78, 5) is 25.9. The summed E-state index contributed by atoms with van der Waals surface area (Å²) in [6.45, 7) is 6.39. The van der Waals surface area contributed by atoms with Crippen LogP contribution in [0.3, 0.4) is 0 Å². The van der Waals surface area contributed by atoms with E-state index in [0.717, 1.165) is 28.8 Å². The van der Waals surface area contributed by atoms with Crippen LogP contribution < -0.4 is 10.2 Å². The van der Waals surface area contributed by atoms with Gasteiger partial charge in [0.25, 0.3) is 0 Å².